The van der Waals surface area contributed by atoms with Crippen LogP contribution in [0, 0.1) is 23.3 Å². The molecule has 0 atom stereocenters. The molecular weight excluding hydrogens is 282 g/mol. The minimum absolute atomic E-state index is 0.0829. The van der Waals surface area contributed by atoms with Crippen molar-refractivity contribution in [3.8, 4) is 0 Å². The molecule has 0 aromatic heterocycles. The van der Waals surface area contributed by atoms with Gasteiger partial charge in [0.25, 0.3) is 5.91 Å². The van der Waals surface area contributed by atoms with Gasteiger partial charge in [-0.15, -0.1) is 0 Å². The molecule has 0 spiro atoms. The zero-order chi connectivity index (χ0) is 15.5. The molecule has 0 bridgehead atoms. The van der Waals surface area contributed by atoms with Crippen molar-refractivity contribution >= 4 is 5.91 Å². The number of carbonyl (C=O) groups excluding carboxylic acids is 1. The second-order valence-electron chi connectivity index (χ2n) is 4.25. The van der Waals surface area contributed by atoms with Crippen molar-refractivity contribution in [2.75, 3.05) is 13.2 Å². The van der Waals surface area contributed by atoms with E-state index in [1.54, 1.807) is 0 Å². The van der Waals surface area contributed by atoms with Gasteiger partial charge in [-0.25, -0.2) is 17.6 Å². The lowest BCUT2D eigenvalue weighted by molar-refractivity contribution is 0.0648. The number of amides is 1. The fraction of sp³-hybridized carbons (Fsp3) is 0.417. The molecule has 0 aliphatic carbocycles. The minimum atomic E-state index is -2.11. The van der Waals surface area contributed by atoms with Gasteiger partial charge in [0.15, 0.2) is 23.3 Å². The fourth-order valence-electron chi connectivity index (χ4n) is 1.49. The molecule has 0 saturated heterocycles. The zero-order valence-electron chi connectivity index (χ0n) is 10.5. The van der Waals surface area contributed by atoms with Crippen LogP contribution in [0.4, 0.5) is 17.6 Å². The van der Waals surface area contributed by atoms with Gasteiger partial charge in [0.05, 0.1) is 24.3 Å². The summed E-state index contributed by atoms with van der Waals surface area (Å²) in [4.78, 5) is 11.7. The van der Waals surface area contributed by atoms with Gasteiger partial charge in [0.1, 0.15) is 0 Å². The van der Waals surface area contributed by atoms with E-state index in [-0.39, 0.29) is 12.5 Å². The number of rotatable bonds is 5. The molecule has 0 aliphatic rings. The maximum absolute atomic E-state index is 13.4. The van der Waals surface area contributed by atoms with E-state index in [1.807, 2.05) is 0 Å². The molecule has 0 fully saturated rings. The van der Waals surface area contributed by atoms with Crippen molar-refractivity contribution < 1.29 is 32.6 Å². The van der Waals surface area contributed by atoms with E-state index < -0.39 is 53.5 Å². The van der Waals surface area contributed by atoms with Crippen LogP contribution < -0.4 is 5.32 Å². The summed E-state index contributed by atoms with van der Waals surface area (Å²) < 4.78 is 52.2. The predicted molar refractivity (Wildman–Crippen MR) is 60.9 cm³/mol. The molecule has 1 amide bonds. The van der Waals surface area contributed by atoms with E-state index in [0.29, 0.717) is 0 Å². The number of carbonyl (C=O) groups is 1. The Kier molecular flexibility index (Phi) is 5.07. The maximum atomic E-state index is 13.4. The van der Waals surface area contributed by atoms with Gasteiger partial charge >= 0.3 is 0 Å². The maximum Gasteiger partial charge on any atom is 0.255 e. The van der Waals surface area contributed by atoms with Gasteiger partial charge in [-0.05, 0) is 12.5 Å². The Morgan fingerprint density at radius 2 is 1.70 bits per heavy atom. The molecule has 112 valence electrons. The molecule has 0 heterocycles. The molecule has 0 unspecified atom stereocenters. The molecule has 1 aromatic rings. The Morgan fingerprint density at radius 1 is 1.15 bits per heavy atom. The topological polar surface area (TPSA) is 69.6 Å². The number of hydrogen-bond donors (Lipinski definition) is 3. The molecule has 1 aromatic carbocycles. The summed E-state index contributed by atoms with van der Waals surface area (Å²) in [6.45, 7) is 0.188. The highest BCUT2D eigenvalue weighted by molar-refractivity contribution is 5.95. The summed E-state index contributed by atoms with van der Waals surface area (Å²) >= 11 is 0. The van der Waals surface area contributed by atoms with Gasteiger partial charge in [-0.1, -0.05) is 6.92 Å². The third-order valence-electron chi connectivity index (χ3n) is 3.01. The number of halogens is 4. The molecule has 0 aliphatic heterocycles. The van der Waals surface area contributed by atoms with E-state index in [0.717, 1.165) is 0 Å². The zero-order valence-corrected chi connectivity index (χ0v) is 10.5. The van der Waals surface area contributed by atoms with Gasteiger partial charge < -0.3 is 15.5 Å². The number of benzene rings is 1. The van der Waals surface area contributed by atoms with Crippen LogP contribution in [0.3, 0.4) is 0 Å². The third kappa shape index (κ3) is 2.91. The predicted octanol–water partition coefficient (Wildman–Crippen LogP) is 1.11. The van der Waals surface area contributed by atoms with Crippen LogP contribution in [0.2, 0.25) is 0 Å². The molecular formula is C12H13F4NO3. The number of nitrogens with one attached hydrogen (secondary N) is 1. The Labute approximate surface area is 112 Å². The highest BCUT2D eigenvalue weighted by Gasteiger charge is 2.31. The van der Waals surface area contributed by atoms with Crippen LogP contribution in [-0.4, -0.2) is 34.9 Å². The van der Waals surface area contributed by atoms with Crippen LogP contribution in [0.25, 0.3) is 0 Å². The number of hydrogen-bond acceptors (Lipinski definition) is 3. The summed E-state index contributed by atoms with van der Waals surface area (Å²) in [6.07, 6.45) is 0.0829. The molecule has 4 nitrogen and oxygen atoms in total. The smallest absolute Gasteiger partial charge is 0.255 e. The Hall–Kier alpha value is -1.67. The number of aliphatic hydroxyl groups excluding tert-OH is 2. The van der Waals surface area contributed by atoms with Crippen LogP contribution in [0.1, 0.15) is 23.7 Å². The van der Waals surface area contributed by atoms with Crippen molar-refractivity contribution in [3.05, 3.63) is 34.9 Å². The van der Waals surface area contributed by atoms with Gasteiger partial charge in [-0.3, -0.25) is 4.79 Å². The first-order chi connectivity index (χ1) is 9.31. The van der Waals surface area contributed by atoms with E-state index in [2.05, 4.69) is 5.32 Å². The minimum Gasteiger partial charge on any atom is -0.394 e. The summed E-state index contributed by atoms with van der Waals surface area (Å²) in [7, 11) is 0. The number of aliphatic hydroxyl groups is 2. The van der Waals surface area contributed by atoms with E-state index in [9.17, 15) is 22.4 Å². The van der Waals surface area contributed by atoms with Crippen molar-refractivity contribution in [2.45, 2.75) is 18.9 Å². The normalized spacial score (nSPS) is 11.6. The first kappa shape index (κ1) is 16.4. The Bertz CT molecular complexity index is 510. The fourth-order valence-corrected chi connectivity index (χ4v) is 1.49. The van der Waals surface area contributed by atoms with E-state index in [4.69, 9.17) is 10.2 Å². The van der Waals surface area contributed by atoms with Crippen molar-refractivity contribution in [1.29, 1.82) is 0 Å². The van der Waals surface area contributed by atoms with Crippen LogP contribution in [-0.2, 0) is 0 Å². The lowest BCUT2D eigenvalue weighted by Gasteiger charge is -2.29. The van der Waals surface area contributed by atoms with Crippen LogP contribution >= 0.6 is 0 Å². The van der Waals surface area contributed by atoms with Crippen molar-refractivity contribution in [3.63, 3.8) is 0 Å². The Morgan fingerprint density at radius 3 is 2.15 bits per heavy atom. The third-order valence-corrected chi connectivity index (χ3v) is 3.01. The van der Waals surface area contributed by atoms with Crippen LogP contribution in [0.5, 0.6) is 0 Å². The monoisotopic (exact) mass is 295 g/mol. The first-order valence-electron chi connectivity index (χ1n) is 5.69. The van der Waals surface area contributed by atoms with Crippen molar-refractivity contribution in [2.24, 2.45) is 0 Å². The Balaban J connectivity index is 3.17. The summed E-state index contributed by atoms with van der Waals surface area (Å²) in [6, 6.07) is 0.207. The van der Waals surface area contributed by atoms with Gasteiger partial charge in [-0.2, -0.15) is 0 Å². The van der Waals surface area contributed by atoms with E-state index in [1.165, 1.54) is 6.92 Å². The largest absolute Gasteiger partial charge is 0.394 e. The molecule has 1 rings (SSSR count). The highest BCUT2D eigenvalue weighted by atomic mass is 19.2. The molecule has 0 radical (unpaired) electrons. The van der Waals surface area contributed by atoms with Crippen LogP contribution in [0.15, 0.2) is 6.07 Å². The molecule has 3 N–H and O–H groups in total. The average Bonchev–Trinajstić information content (AvgIpc) is 2.46. The molecule has 8 heteroatoms. The standard InChI is InChI=1S/C12H13F4NO3/c1-2-12(4-18,5-19)17-11(20)6-3-7(13)9(15)10(16)8(6)14/h3,18-19H,2,4-5H2,1H3,(H,17,20). The summed E-state index contributed by atoms with van der Waals surface area (Å²) in [5, 5.41) is 20.3. The lowest BCUT2D eigenvalue weighted by Crippen LogP contribution is -2.54. The highest BCUT2D eigenvalue weighted by Crippen LogP contribution is 2.20. The summed E-state index contributed by atoms with van der Waals surface area (Å²) in [5.41, 5.74) is -2.52. The average molecular weight is 295 g/mol. The summed E-state index contributed by atoms with van der Waals surface area (Å²) in [5.74, 6) is -8.97. The van der Waals surface area contributed by atoms with Gasteiger partial charge in [0.2, 0.25) is 0 Å². The lowest BCUT2D eigenvalue weighted by atomic mass is 9.97. The van der Waals surface area contributed by atoms with E-state index >= 15 is 0 Å². The van der Waals surface area contributed by atoms with Crippen molar-refractivity contribution in [1.82, 2.24) is 5.32 Å². The van der Waals surface area contributed by atoms with Gasteiger partial charge in [0, 0.05) is 0 Å². The quantitative estimate of drug-likeness (QED) is 0.433. The second kappa shape index (κ2) is 6.19. The first-order valence-corrected chi connectivity index (χ1v) is 5.69. The molecule has 20 heavy (non-hydrogen) atoms. The SMILES string of the molecule is CCC(CO)(CO)NC(=O)c1cc(F)c(F)c(F)c1F. The second-order valence-corrected chi connectivity index (χ2v) is 4.25. The molecule has 0 saturated carbocycles.